The lowest BCUT2D eigenvalue weighted by Gasteiger charge is -2.19. The molecule has 0 aromatic heterocycles. The van der Waals surface area contributed by atoms with E-state index in [9.17, 15) is 9.59 Å². The number of hydrogen-bond acceptors (Lipinski definition) is 3. The number of carbonyl (C=O) groups is 2. The molecule has 0 aliphatic carbocycles. The van der Waals surface area contributed by atoms with Gasteiger partial charge >= 0.3 is 0 Å². The summed E-state index contributed by atoms with van der Waals surface area (Å²) in [6.45, 7) is 5.68. The fourth-order valence-corrected chi connectivity index (χ4v) is 2.37. The van der Waals surface area contributed by atoms with Crippen LogP contribution in [0, 0.1) is 0 Å². The average Bonchev–Trinajstić information content (AvgIpc) is 2.68. The van der Waals surface area contributed by atoms with Crippen LogP contribution in [0.2, 0.25) is 0 Å². The van der Waals surface area contributed by atoms with E-state index in [4.69, 9.17) is 4.74 Å². The van der Waals surface area contributed by atoms with Crippen molar-refractivity contribution in [1.29, 1.82) is 0 Å². The Morgan fingerprint density at radius 3 is 2.81 bits per heavy atom. The predicted molar refractivity (Wildman–Crippen MR) is 79.8 cm³/mol. The van der Waals surface area contributed by atoms with Gasteiger partial charge in [0.2, 0.25) is 11.8 Å². The summed E-state index contributed by atoms with van der Waals surface area (Å²) in [5.41, 5.74) is 2.05. The van der Waals surface area contributed by atoms with Gasteiger partial charge in [-0.3, -0.25) is 9.59 Å². The number of amides is 2. The lowest BCUT2D eigenvalue weighted by Crippen LogP contribution is -2.31. The molecule has 1 aliphatic heterocycles. The Morgan fingerprint density at radius 1 is 1.38 bits per heavy atom. The summed E-state index contributed by atoms with van der Waals surface area (Å²) < 4.78 is 5.71. The van der Waals surface area contributed by atoms with Crippen LogP contribution in [0.4, 0.5) is 0 Å². The third kappa shape index (κ3) is 3.74. The van der Waals surface area contributed by atoms with Crippen molar-refractivity contribution in [1.82, 2.24) is 9.80 Å². The lowest BCUT2D eigenvalue weighted by atomic mass is 10.1. The highest BCUT2D eigenvalue weighted by Crippen LogP contribution is 2.25. The summed E-state index contributed by atoms with van der Waals surface area (Å²) in [5, 5.41) is 0. The molecule has 21 heavy (non-hydrogen) atoms. The largest absolute Gasteiger partial charge is 0.491 e. The first-order valence-electron chi connectivity index (χ1n) is 7.25. The molecule has 114 valence electrons. The van der Waals surface area contributed by atoms with Gasteiger partial charge in [-0.1, -0.05) is 13.0 Å². The van der Waals surface area contributed by atoms with Crippen molar-refractivity contribution in [3.63, 3.8) is 0 Å². The zero-order valence-corrected chi connectivity index (χ0v) is 12.9. The van der Waals surface area contributed by atoms with Gasteiger partial charge in [-0.15, -0.1) is 0 Å². The van der Waals surface area contributed by atoms with Crippen molar-refractivity contribution in [3.8, 4) is 5.75 Å². The van der Waals surface area contributed by atoms with Crippen LogP contribution in [0.5, 0.6) is 5.75 Å². The second-order valence-electron chi connectivity index (χ2n) is 5.33. The molecule has 5 nitrogen and oxygen atoms in total. The Balaban J connectivity index is 2.19. The van der Waals surface area contributed by atoms with E-state index in [-0.39, 0.29) is 11.8 Å². The van der Waals surface area contributed by atoms with Crippen molar-refractivity contribution in [2.24, 2.45) is 0 Å². The first-order chi connectivity index (χ1) is 10.0. The Hall–Kier alpha value is -2.04. The summed E-state index contributed by atoms with van der Waals surface area (Å²) in [5.74, 6) is 0.998. The minimum Gasteiger partial charge on any atom is -0.491 e. The molecule has 1 aromatic carbocycles. The van der Waals surface area contributed by atoms with E-state index < -0.39 is 0 Å². The minimum absolute atomic E-state index is 0.0315. The predicted octanol–water partition coefficient (Wildman–Crippen LogP) is 1.80. The van der Waals surface area contributed by atoms with Crippen molar-refractivity contribution in [3.05, 3.63) is 29.3 Å². The van der Waals surface area contributed by atoms with E-state index in [0.717, 1.165) is 16.9 Å². The highest BCUT2D eigenvalue weighted by atomic mass is 16.5. The topological polar surface area (TPSA) is 49.9 Å². The number of rotatable bonds is 3. The second kappa shape index (κ2) is 6.61. The summed E-state index contributed by atoms with van der Waals surface area (Å²) >= 11 is 0. The Kier molecular flexibility index (Phi) is 4.83. The highest BCUT2D eigenvalue weighted by molar-refractivity contribution is 5.76. The van der Waals surface area contributed by atoms with Crippen LogP contribution in [0.1, 0.15) is 31.4 Å². The quantitative estimate of drug-likeness (QED) is 0.853. The number of nitrogens with zero attached hydrogens (tertiary/aromatic N) is 2. The van der Waals surface area contributed by atoms with Gasteiger partial charge in [0.1, 0.15) is 12.4 Å². The molecule has 1 aromatic rings. The molecule has 0 atom stereocenters. The van der Waals surface area contributed by atoms with Crippen LogP contribution in [0.25, 0.3) is 0 Å². The van der Waals surface area contributed by atoms with Crippen molar-refractivity contribution in [2.75, 3.05) is 20.2 Å². The zero-order chi connectivity index (χ0) is 15.4. The summed E-state index contributed by atoms with van der Waals surface area (Å²) in [6, 6.07) is 5.92. The van der Waals surface area contributed by atoms with Crippen LogP contribution < -0.4 is 4.74 Å². The Morgan fingerprint density at radius 2 is 2.14 bits per heavy atom. The Bertz CT molecular complexity index is 542. The highest BCUT2D eigenvalue weighted by Gasteiger charge is 2.19. The SMILES string of the molecule is CCC(=O)N1CCOc2ccc(CN(C)C(C)=O)cc2C1. The first-order valence-corrected chi connectivity index (χ1v) is 7.25. The molecule has 0 saturated heterocycles. The average molecular weight is 290 g/mol. The van der Waals surface area contributed by atoms with Gasteiger partial charge in [0, 0.05) is 39.0 Å². The molecule has 0 radical (unpaired) electrons. The van der Waals surface area contributed by atoms with Gasteiger partial charge in [0.25, 0.3) is 0 Å². The molecule has 1 aliphatic rings. The molecule has 0 spiro atoms. The molecule has 2 rings (SSSR count). The van der Waals surface area contributed by atoms with E-state index >= 15 is 0 Å². The first kappa shape index (κ1) is 15.4. The number of hydrogen-bond donors (Lipinski definition) is 0. The fourth-order valence-electron chi connectivity index (χ4n) is 2.37. The van der Waals surface area contributed by atoms with Gasteiger partial charge in [-0.25, -0.2) is 0 Å². The van der Waals surface area contributed by atoms with Gasteiger partial charge in [0.05, 0.1) is 6.54 Å². The summed E-state index contributed by atoms with van der Waals surface area (Å²) in [7, 11) is 1.78. The number of ether oxygens (including phenoxy) is 1. The minimum atomic E-state index is 0.0315. The molecule has 0 saturated carbocycles. The number of carbonyl (C=O) groups excluding carboxylic acids is 2. The van der Waals surface area contributed by atoms with E-state index in [1.54, 1.807) is 18.9 Å². The van der Waals surface area contributed by atoms with Gasteiger partial charge < -0.3 is 14.5 Å². The monoisotopic (exact) mass is 290 g/mol. The Labute approximate surface area is 125 Å². The molecule has 0 N–H and O–H groups in total. The van der Waals surface area contributed by atoms with Gasteiger partial charge in [-0.2, -0.15) is 0 Å². The van der Waals surface area contributed by atoms with E-state index in [2.05, 4.69) is 0 Å². The van der Waals surface area contributed by atoms with Crippen molar-refractivity contribution in [2.45, 2.75) is 33.4 Å². The van der Waals surface area contributed by atoms with Crippen LogP contribution in [0.3, 0.4) is 0 Å². The molecule has 0 unspecified atom stereocenters. The second-order valence-corrected chi connectivity index (χ2v) is 5.33. The molecule has 1 heterocycles. The van der Waals surface area contributed by atoms with Crippen LogP contribution in [-0.2, 0) is 22.7 Å². The van der Waals surface area contributed by atoms with E-state index in [0.29, 0.717) is 32.7 Å². The number of fused-ring (bicyclic) bond motifs is 1. The zero-order valence-electron chi connectivity index (χ0n) is 12.9. The molecular weight excluding hydrogens is 268 g/mol. The smallest absolute Gasteiger partial charge is 0.222 e. The standard InChI is InChI=1S/C16H22N2O3/c1-4-16(20)18-7-8-21-15-6-5-13(9-14(15)11-18)10-17(3)12(2)19/h5-6,9H,4,7-8,10-11H2,1-3H3. The van der Waals surface area contributed by atoms with Crippen LogP contribution in [0.15, 0.2) is 18.2 Å². The van der Waals surface area contributed by atoms with E-state index in [1.807, 2.05) is 30.0 Å². The van der Waals surface area contributed by atoms with Crippen molar-refractivity contribution < 1.29 is 14.3 Å². The maximum absolute atomic E-state index is 11.9. The molecule has 2 amide bonds. The summed E-state index contributed by atoms with van der Waals surface area (Å²) in [6.07, 6.45) is 0.502. The molecule has 5 heteroatoms. The van der Waals surface area contributed by atoms with Crippen LogP contribution >= 0.6 is 0 Å². The maximum atomic E-state index is 11.9. The van der Waals surface area contributed by atoms with Crippen molar-refractivity contribution >= 4 is 11.8 Å². The van der Waals surface area contributed by atoms with E-state index in [1.165, 1.54) is 0 Å². The molecule has 0 bridgehead atoms. The summed E-state index contributed by atoms with van der Waals surface area (Å²) in [4.78, 5) is 26.7. The van der Waals surface area contributed by atoms with Crippen LogP contribution in [-0.4, -0.2) is 41.8 Å². The van der Waals surface area contributed by atoms with Gasteiger partial charge in [0.15, 0.2) is 0 Å². The third-order valence-electron chi connectivity index (χ3n) is 3.72. The maximum Gasteiger partial charge on any atom is 0.222 e. The lowest BCUT2D eigenvalue weighted by molar-refractivity contribution is -0.131. The van der Waals surface area contributed by atoms with Gasteiger partial charge in [-0.05, 0) is 17.7 Å². The third-order valence-corrected chi connectivity index (χ3v) is 3.72. The normalized spacial score (nSPS) is 14.0. The fraction of sp³-hybridized carbons (Fsp3) is 0.500. The molecule has 0 fully saturated rings. The molecular formula is C16H22N2O3. The number of benzene rings is 1.